The van der Waals surface area contributed by atoms with Crippen molar-refractivity contribution in [3.8, 4) is 0 Å². The largest absolute Gasteiger partial charge is 0.344 e. The Morgan fingerprint density at radius 1 is 1.30 bits per heavy atom. The standard InChI is InChI=1S/C14H14N4O5/c1-13(2)7-14(13)11(20)17(12(21)15-14)16-10(19)8-3-5-9(6-4-8)18(22)23/h3-6H,7H2,1-2H3,(H,15,21)(H,16,19). The molecule has 1 unspecified atom stereocenters. The maximum Gasteiger partial charge on any atom is 0.344 e. The van der Waals surface area contributed by atoms with Gasteiger partial charge in [0, 0.05) is 17.7 Å². The summed E-state index contributed by atoms with van der Waals surface area (Å²) in [4.78, 5) is 46.4. The minimum atomic E-state index is -0.952. The highest BCUT2D eigenvalue weighted by atomic mass is 16.6. The molecule has 0 aromatic heterocycles. The quantitative estimate of drug-likeness (QED) is 0.488. The van der Waals surface area contributed by atoms with Crippen LogP contribution >= 0.6 is 0 Å². The first-order chi connectivity index (χ1) is 10.7. The number of benzene rings is 1. The Labute approximate surface area is 130 Å². The van der Waals surface area contributed by atoms with Crippen LogP contribution in [0.4, 0.5) is 10.5 Å². The molecule has 1 saturated heterocycles. The van der Waals surface area contributed by atoms with Crippen molar-refractivity contribution in [3.05, 3.63) is 39.9 Å². The first-order valence-electron chi connectivity index (χ1n) is 6.90. The van der Waals surface area contributed by atoms with E-state index in [0.717, 1.165) is 0 Å². The van der Waals surface area contributed by atoms with E-state index in [2.05, 4.69) is 10.7 Å². The smallest absolute Gasteiger partial charge is 0.321 e. The molecule has 2 N–H and O–H groups in total. The zero-order valence-corrected chi connectivity index (χ0v) is 12.5. The molecule has 1 aliphatic carbocycles. The van der Waals surface area contributed by atoms with Gasteiger partial charge in [-0.15, -0.1) is 0 Å². The molecular weight excluding hydrogens is 304 g/mol. The lowest BCUT2D eigenvalue weighted by Gasteiger charge is -2.15. The number of hydrogen-bond acceptors (Lipinski definition) is 5. The van der Waals surface area contributed by atoms with Crippen LogP contribution in [0.15, 0.2) is 24.3 Å². The molecule has 3 rings (SSSR count). The fraction of sp³-hybridized carbons (Fsp3) is 0.357. The van der Waals surface area contributed by atoms with Gasteiger partial charge in [-0.05, 0) is 24.0 Å². The number of non-ortho nitro benzene ring substituents is 1. The van der Waals surface area contributed by atoms with E-state index in [0.29, 0.717) is 11.4 Å². The van der Waals surface area contributed by atoms with Gasteiger partial charge in [-0.25, -0.2) is 4.79 Å². The van der Waals surface area contributed by atoms with Crippen molar-refractivity contribution in [2.75, 3.05) is 0 Å². The summed E-state index contributed by atoms with van der Waals surface area (Å²) in [5.41, 5.74) is 0.880. The van der Waals surface area contributed by atoms with Gasteiger partial charge in [0.15, 0.2) is 0 Å². The predicted octanol–water partition coefficient (Wildman–Crippen LogP) is 0.960. The van der Waals surface area contributed by atoms with Crippen LogP contribution < -0.4 is 10.7 Å². The molecule has 1 spiro atoms. The minimum Gasteiger partial charge on any atom is -0.321 e. The summed E-state index contributed by atoms with van der Waals surface area (Å²) in [6.07, 6.45) is 0.508. The number of imide groups is 1. The van der Waals surface area contributed by atoms with Crippen molar-refractivity contribution in [3.63, 3.8) is 0 Å². The monoisotopic (exact) mass is 318 g/mol. The summed E-state index contributed by atoms with van der Waals surface area (Å²) in [5, 5.41) is 13.9. The zero-order valence-electron chi connectivity index (χ0n) is 12.5. The van der Waals surface area contributed by atoms with Crippen LogP contribution in [0.1, 0.15) is 30.6 Å². The molecule has 9 heteroatoms. The van der Waals surface area contributed by atoms with Crippen LogP contribution in [0.3, 0.4) is 0 Å². The Kier molecular flexibility index (Phi) is 2.93. The lowest BCUT2D eigenvalue weighted by molar-refractivity contribution is -0.384. The summed E-state index contributed by atoms with van der Waals surface area (Å²) < 4.78 is 0. The molecule has 1 aliphatic heterocycles. The lowest BCUT2D eigenvalue weighted by Crippen LogP contribution is -2.47. The van der Waals surface area contributed by atoms with Crippen molar-refractivity contribution < 1.29 is 19.3 Å². The van der Waals surface area contributed by atoms with Crippen LogP contribution in [0.5, 0.6) is 0 Å². The van der Waals surface area contributed by atoms with Crippen molar-refractivity contribution >= 4 is 23.5 Å². The average molecular weight is 318 g/mol. The number of urea groups is 1. The normalized spacial score (nSPS) is 24.5. The van der Waals surface area contributed by atoms with Gasteiger partial charge in [-0.1, -0.05) is 13.8 Å². The SMILES string of the molecule is CC1(C)CC12NC(=O)N(NC(=O)c1ccc([N+](=O)[O-])cc1)C2=O. The molecule has 0 radical (unpaired) electrons. The Bertz CT molecular complexity index is 742. The van der Waals surface area contributed by atoms with Crippen LogP contribution in [0.25, 0.3) is 0 Å². The third-order valence-electron chi connectivity index (χ3n) is 4.38. The minimum absolute atomic E-state index is 0.104. The molecule has 120 valence electrons. The highest BCUT2D eigenvalue weighted by Gasteiger charge is 2.72. The third kappa shape index (κ3) is 2.12. The van der Waals surface area contributed by atoms with E-state index in [4.69, 9.17) is 0 Å². The molecule has 23 heavy (non-hydrogen) atoms. The molecule has 9 nitrogen and oxygen atoms in total. The molecule has 2 aliphatic rings. The molecule has 0 bridgehead atoms. The van der Waals surface area contributed by atoms with Crippen molar-refractivity contribution in [2.45, 2.75) is 25.8 Å². The number of nitro groups is 1. The van der Waals surface area contributed by atoms with Gasteiger partial charge in [-0.2, -0.15) is 5.01 Å². The van der Waals surface area contributed by atoms with Gasteiger partial charge < -0.3 is 5.32 Å². The second kappa shape index (κ2) is 4.51. The number of nitro benzene ring substituents is 1. The number of carbonyl (C=O) groups is 3. The zero-order chi connectivity index (χ0) is 17.0. The Morgan fingerprint density at radius 3 is 2.30 bits per heavy atom. The number of nitrogens with one attached hydrogen (secondary N) is 2. The third-order valence-corrected chi connectivity index (χ3v) is 4.38. The molecule has 1 saturated carbocycles. The summed E-state index contributed by atoms with van der Waals surface area (Å²) in [6.45, 7) is 3.71. The van der Waals surface area contributed by atoms with E-state index in [1.54, 1.807) is 0 Å². The van der Waals surface area contributed by atoms with E-state index in [9.17, 15) is 24.5 Å². The second-order valence-corrected chi connectivity index (χ2v) is 6.28. The molecule has 1 aromatic rings. The summed E-state index contributed by atoms with van der Waals surface area (Å²) in [6, 6.07) is 4.17. The average Bonchev–Trinajstić information content (AvgIpc) is 2.96. The number of rotatable bonds is 3. The Morgan fingerprint density at radius 2 is 1.87 bits per heavy atom. The lowest BCUT2D eigenvalue weighted by atomic mass is 10.1. The Hall–Kier alpha value is -2.97. The van der Waals surface area contributed by atoms with Crippen LogP contribution in [-0.4, -0.2) is 33.3 Å². The van der Waals surface area contributed by atoms with E-state index in [1.165, 1.54) is 24.3 Å². The van der Waals surface area contributed by atoms with E-state index in [1.807, 2.05) is 13.8 Å². The first kappa shape index (κ1) is 14.9. The summed E-state index contributed by atoms with van der Waals surface area (Å²) >= 11 is 0. The summed E-state index contributed by atoms with van der Waals surface area (Å²) in [5.74, 6) is -1.19. The van der Waals surface area contributed by atoms with Gasteiger partial charge in [0.2, 0.25) is 0 Å². The van der Waals surface area contributed by atoms with Gasteiger partial charge >= 0.3 is 6.03 Å². The Balaban J connectivity index is 1.74. The number of nitrogens with zero attached hydrogens (tertiary/aromatic N) is 2. The van der Waals surface area contributed by atoms with E-state index < -0.39 is 28.3 Å². The fourth-order valence-corrected chi connectivity index (χ4v) is 2.77. The number of hydrazine groups is 1. The van der Waals surface area contributed by atoms with E-state index in [-0.39, 0.29) is 16.7 Å². The van der Waals surface area contributed by atoms with Crippen LogP contribution in [0.2, 0.25) is 0 Å². The molecule has 2 fully saturated rings. The topological polar surface area (TPSA) is 122 Å². The first-order valence-corrected chi connectivity index (χ1v) is 6.90. The second-order valence-electron chi connectivity index (χ2n) is 6.28. The molecule has 4 amide bonds. The maximum absolute atomic E-state index is 12.4. The molecule has 1 atom stereocenters. The van der Waals surface area contributed by atoms with E-state index >= 15 is 0 Å². The fourth-order valence-electron chi connectivity index (χ4n) is 2.77. The number of amides is 4. The van der Waals surface area contributed by atoms with Crippen molar-refractivity contribution in [1.29, 1.82) is 0 Å². The summed E-state index contributed by atoms with van der Waals surface area (Å²) in [7, 11) is 0. The van der Waals surface area contributed by atoms with Gasteiger partial charge in [0.25, 0.3) is 17.5 Å². The molecule has 1 heterocycles. The van der Waals surface area contributed by atoms with Gasteiger partial charge in [0.1, 0.15) is 5.54 Å². The highest BCUT2D eigenvalue weighted by Crippen LogP contribution is 2.58. The van der Waals surface area contributed by atoms with Crippen LogP contribution in [-0.2, 0) is 4.79 Å². The van der Waals surface area contributed by atoms with Gasteiger partial charge in [0.05, 0.1) is 4.92 Å². The highest BCUT2D eigenvalue weighted by molar-refractivity contribution is 6.11. The maximum atomic E-state index is 12.4. The van der Waals surface area contributed by atoms with Gasteiger partial charge in [-0.3, -0.25) is 25.1 Å². The molecule has 1 aromatic carbocycles. The predicted molar refractivity (Wildman–Crippen MR) is 77.1 cm³/mol. The number of carbonyl (C=O) groups excluding carboxylic acids is 3. The van der Waals surface area contributed by atoms with Crippen molar-refractivity contribution in [2.24, 2.45) is 5.41 Å². The van der Waals surface area contributed by atoms with Crippen molar-refractivity contribution in [1.82, 2.24) is 15.8 Å². The molecular formula is C14H14N4O5. The number of hydrogen-bond donors (Lipinski definition) is 2. The van der Waals surface area contributed by atoms with Crippen LogP contribution in [0, 0.1) is 15.5 Å².